The van der Waals surface area contributed by atoms with Crippen LogP contribution in [0.25, 0.3) is 54.4 Å². The summed E-state index contributed by atoms with van der Waals surface area (Å²) in [4.78, 5) is 14.9. The van der Waals surface area contributed by atoms with Crippen molar-refractivity contribution in [2.45, 2.75) is 6.17 Å². The SMILES string of the molecule is c1ccc(C2=NC(c3ccnc4oc5ccccc5c34)NC(c3cc4ccc5ccccc5c4c4ccccc34)=N2)cc1. The molecule has 0 fully saturated rings. The van der Waals surface area contributed by atoms with Crippen LogP contribution >= 0.6 is 0 Å². The first kappa shape index (κ1) is 23.9. The highest BCUT2D eigenvalue weighted by Crippen LogP contribution is 2.37. The van der Waals surface area contributed by atoms with E-state index < -0.39 is 6.17 Å². The summed E-state index contributed by atoms with van der Waals surface area (Å²) in [6.07, 6.45) is 1.39. The second kappa shape index (κ2) is 9.36. The number of hydrogen-bond acceptors (Lipinski definition) is 5. The molecule has 0 amide bonds. The van der Waals surface area contributed by atoms with Crippen molar-refractivity contribution in [2.75, 3.05) is 0 Å². The van der Waals surface area contributed by atoms with Crippen molar-refractivity contribution < 1.29 is 4.42 Å². The number of hydrogen-bond donors (Lipinski definition) is 1. The summed E-state index contributed by atoms with van der Waals surface area (Å²) in [5, 5.41) is 12.9. The van der Waals surface area contributed by atoms with E-state index in [-0.39, 0.29) is 0 Å². The van der Waals surface area contributed by atoms with Crippen molar-refractivity contribution in [3.8, 4) is 0 Å². The van der Waals surface area contributed by atoms with Gasteiger partial charge < -0.3 is 9.73 Å². The lowest BCUT2D eigenvalue weighted by molar-refractivity contribution is 0.648. The Morgan fingerprint density at radius 3 is 2.21 bits per heavy atom. The van der Waals surface area contributed by atoms with E-state index in [1.54, 1.807) is 6.20 Å². The van der Waals surface area contributed by atoms with Gasteiger partial charge in [-0.2, -0.15) is 0 Å². The molecule has 1 unspecified atom stereocenters. The Balaban J connectivity index is 1.30. The average molecular weight is 553 g/mol. The lowest BCUT2D eigenvalue weighted by Crippen LogP contribution is -2.33. The first-order valence-corrected chi connectivity index (χ1v) is 14.4. The number of para-hydroxylation sites is 1. The molecule has 5 nitrogen and oxygen atoms in total. The second-order valence-corrected chi connectivity index (χ2v) is 10.9. The molecule has 5 heteroatoms. The first-order valence-electron chi connectivity index (χ1n) is 14.4. The van der Waals surface area contributed by atoms with E-state index >= 15 is 0 Å². The minimum atomic E-state index is -0.403. The number of amidine groups is 2. The van der Waals surface area contributed by atoms with Gasteiger partial charge in [0.25, 0.3) is 0 Å². The normalized spacial score (nSPS) is 15.2. The van der Waals surface area contributed by atoms with E-state index in [4.69, 9.17) is 14.4 Å². The van der Waals surface area contributed by atoms with Crippen LogP contribution in [-0.2, 0) is 0 Å². The summed E-state index contributed by atoms with van der Waals surface area (Å²) in [5.41, 5.74) is 4.40. The lowest BCUT2D eigenvalue weighted by Gasteiger charge is -2.25. The Hall–Kier alpha value is -5.81. The molecule has 6 aromatic carbocycles. The van der Waals surface area contributed by atoms with E-state index in [1.165, 1.54) is 26.9 Å². The van der Waals surface area contributed by atoms with Crippen LogP contribution in [-0.4, -0.2) is 16.7 Å². The molecule has 3 heterocycles. The highest BCUT2D eigenvalue weighted by atomic mass is 16.3. The highest BCUT2D eigenvalue weighted by molar-refractivity contribution is 6.26. The highest BCUT2D eigenvalue weighted by Gasteiger charge is 2.26. The third-order valence-corrected chi connectivity index (χ3v) is 8.38. The minimum Gasteiger partial charge on any atom is -0.438 e. The fourth-order valence-corrected chi connectivity index (χ4v) is 6.44. The maximum Gasteiger partial charge on any atom is 0.227 e. The number of furan rings is 1. The van der Waals surface area contributed by atoms with Crippen LogP contribution in [0.4, 0.5) is 0 Å². The zero-order valence-corrected chi connectivity index (χ0v) is 23.0. The smallest absolute Gasteiger partial charge is 0.227 e. The van der Waals surface area contributed by atoms with Gasteiger partial charge in [-0.1, -0.05) is 109 Å². The van der Waals surface area contributed by atoms with Gasteiger partial charge in [0, 0.05) is 28.3 Å². The van der Waals surface area contributed by atoms with Crippen molar-refractivity contribution in [3.05, 3.63) is 150 Å². The van der Waals surface area contributed by atoms with Crippen molar-refractivity contribution in [1.82, 2.24) is 10.3 Å². The fraction of sp³-hybridized carbons (Fsp3) is 0.0263. The molecule has 0 saturated carbocycles. The molecule has 1 atom stereocenters. The Morgan fingerprint density at radius 2 is 1.33 bits per heavy atom. The molecule has 0 saturated heterocycles. The summed E-state index contributed by atoms with van der Waals surface area (Å²) < 4.78 is 6.13. The van der Waals surface area contributed by atoms with Crippen molar-refractivity contribution >= 4 is 66.1 Å². The molecule has 202 valence electrons. The zero-order valence-electron chi connectivity index (χ0n) is 23.0. The molecule has 1 aliphatic heterocycles. The van der Waals surface area contributed by atoms with Crippen molar-refractivity contribution in [2.24, 2.45) is 9.98 Å². The summed E-state index contributed by atoms with van der Waals surface area (Å²) in [5.74, 6) is 1.46. The molecular weight excluding hydrogens is 528 g/mol. The number of aromatic nitrogens is 1. The molecular formula is C38H24N4O. The molecule has 0 spiro atoms. The Bertz CT molecular complexity index is 2440. The number of aliphatic imine (C=N–C) groups is 2. The van der Waals surface area contributed by atoms with E-state index in [0.717, 1.165) is 44.3 Å². The number of fused-ring (bicyclic) bond motifs is 8. The van der Waals surface area contributed by atoms with Gasteiger partial charge in [-0.15, -0.1) is 0 Å². The standard InChI is InChI=1S/C38H24N4O/c1-2-11-24(12-3-1)35-40-36(30-20-21-39-38-34(30)29-16-8-9-17-32(29)43-38)42-37(41-35)31-22-25-19-18-23-10-4-5-13-26(23)33(25)28-15-7-6-14-27(28)31/h1-22,36H,(H,40,41,42). The largest absolute Gasteiger partial charge is 0.438 e. The third-order valence-electron chi connectivity index (χ3n) is 8.38. The minimum absolute atomic E-state index is 0.403. The molecule has 0 bridgehead atoms. The summed E-state index contributed by atoms with van der Waals surface area (Å²) in [6, 6.07) is 44.1. The molecule has 8 aromatic rings. The van der Waals surface area contributed by atoms with Crippen molar-refractivity contribution in [3.63, 3.8) is 0 Å². The van der Waals surface area contributed by atoms with Gasteiger partial charge in [-0.05, 0) is 50.5 Å². The molecule has 0 aliphatic carbocycles. The number of pyridine rings is 1. The Kier molecular flexibility index (Phi) is 5.19. The van der Waals surface area contributed by atoms with Gasteiger partial charge in [0.15, 0.2) is 5.84 Å². The quantitative estimate of drug-likeness (QED) is 0.223. The summed E-state index contributed by atoms with van der Waals surface area (Å²) >= 11 is 0. The van der Waals surface area contributed by atoms with Gasteiger partial charge in [0.05, 0.1) is 5.39 Å². The molecule has 0 radical (unpaired) electrons. The van der Waals surface area contributed by atoms with Gasteiger partial charge in [-0.3, -0.25) is 0 Å². The number of nitrogens with one attached hydrogen (secondary N) is 1. The van der Waals surface area contributed by atoms with Gasteiger partial charge in [-0.25, -0.2) is 15.0 Å². The lowest BCUT2D eigenvalue weighted by atomic mass is 9.92. The molecule has 9 rings (SSSR count). The number of nitrogens with zero attached hydrogens (tertiary/aromatic N) is 3. The molecule has 1 N–H and O–H groups in total. The van der Waals surface area contributed by atoms with Crippen LogP contribution in [0.15, 0.2) is 148 Å². The second-order valence-electron chi connectivity index (χ2n) is 10.9. The third kappa shape index (κ3) is 3.75. The summed E-state index contributed by atoms with van der Waals surface area (Å²) in [7, 11) is 0. The topological polar surface area (TPSA) is 62.8 Å². The Labute approximate surface area is 246 Å². The van der Waals surface area contributed by atoms with Crippen LogP contribution in [0.5, 0.6) is 0 Å². The van der Waals surface area contributed by atoms with Gasteiger partial charge in [0.2, 0.25) is 5.71 Å². The predicted molar refractivity (Wildman–Crippen MR) is 176 cm³/mol. The molecule has 2 aromatic heterocycles. The Morgan fingerprint density at radius 1 is 0.605 bits per heavy atom. The maximum atomic E-state index is 6.13. The van der Waals surface area contributed by atoms with E-state index in [0.29, 0.717) is 11.5 Å². The van der Waals surface area contributed by atoms with Crippen LogP contribution < -0.4 is 5.32 Å². The molecule has 1 aliphatic rings. The van der Waals surface area contributed by atoms with Gasteiger partial charge >= 0.3 is 0 Å². The monoisotopic (exact) mass is 552 g/mol. The van der Waals surface area contributed by atoms with Crippen molar-refractivity contribution in [1.29, 1.82) is 0 Å². The first-order chi connectivity index (χ1) is 21.3. The van der Waals surface area contributed by atoms with E-state index in [2.05, 4.69) is 95.2 Å². The van der Waals surface area contributed by atoms with Crippen LogP contribution in [0.3, 0.4) is 0 Å². The zero-order chi connectivity index (χ0) is 28.3. The predicted octanol–water partition coefficient (Wildman–Crippen LogP) is 8.94. The van der Waals surface area contributed by atoms with Gasteiger partial charge in [0.1, 0.15) is 17.6 Å². The average Bonchev–Trinajstić information content (AvgIpc) is 3.47. The number of benzene rings is 6. The molecule has 43 heavy (non-hydrogen) atoms. The fourth-order valence-electron chi connectivity index (χ4n) is 6.44. The van der Waals surface area contributed by atoms with E-state index in [9.17, 15) is 0 Å². The maximum absolute atomic E-state index is 6.13. The van der Waals surface area contributed by atoms with E-state index in [1.807, 2.05) is 42.5 Å². The summed E-state index contributed by atoms with van der Waals surface area (Å²) in [6.45, 7) is 0. The van der Waals surface area contributed by atoms with Crippen LogP contribution in [0, 0.1) is 0 Å². The van der Waals surface area contributed by atoms with Crippen LogP contribution in [0.1, 0.15) is 22.9 Å². The number of rotatable bonds is 3. The van der Waals surface area contributed by atoms with Crippen LogP contribution in [0.2, 0.25) is 0 Å².